The minimum absolute atomic E-state index is 0.215. The molecule has 0 atom stereocenters. The number of benzene rings is 1. The van der Waals surface area contributed by atoms with Gasteiger partial charge in [0.1, 0.15) is 0 Å². The minimum Gasteiger partial charge on any atom is -0.289 e. The fraction of sp³-hybridized carbons (Fsp3) is 0.357. The Kier molecular flexibility index (Phi) is 3.83. The smallest absolute Gasteiger partial charge is 0.188 e. The van der Waals surface area contributed by atoms with Crippen molar-refractivity contribution >= 4 is 17.5 Å². The number of thioether (sulfide) groups is 1. The average Bonchev–Trinajstić information content (AvgIpc) is 2.39. The molecule has 0 saturated carbocycles. The van der Waals surface area contributed by atoms with Gasteiger partial charge in [-0.25, -0.2) is 0 Å². The molecule has 0 spiro atoms. The van der Waals surface area contributed by atoms with Gasteiger partial charge in [0.25, 0.3) is 0 Å². The molecule has 0 aliphatic heterocycles. The first-order valence-electron chi connectivity index (χ1n) is 5.69. The van der Waals surface area contributed by atoms with Gasteiger partial charge >= 0.3 is 0 Å². The number of hydrogen-bond donors (Lipinski definition) is 0. The summed E-state index contributed by atoms with van der Waals surface area (Å²) in [6, 6.07) is 7.90. The molecule has 1 aliphatic rings. The number of allylic oxidation sites excluding steroid dienone is 2. The molecule has 0 aromatic heterocycles. The molecule has 84 valence electrons. The van der Waals surface area contributed by atoms with Gasteiger partial charge in [0.05, 0.1) is 0 Å². The molecular weight excluding hydrogens is 216 g/mol. The quantitative estimate of drug-likeness (QED) is 0.576. The lowest BCUT2D eigenvalue weighted by Crippen LogP contribution is -2.06. The molecule has 0 heterocycles. The molecule has 1 aromatic carbocycles. The molecular formula is C14H16OS. The Morgan fingerprint density at radius 3 is 2.50 bits per heavy atom. The van der Waals surface area contributed by atoms with Gasteiger partial charge in [-0.15, -0.1) is 11.8 Å². The van der Waals surface area contributed by atoms with Crippen LogP contribution >= 0.6 is 11.8 Å². The highest BCUT2D eigenvalue weighted by Crippen LogP contribution is 2.22. The molecule has 1 aromatic rings. The molecule has 2 heteroatoms. The summed E-state index contributed by atoms with van der Waals surface area (Å²) in [7, 11) is 0. The summed E-state index contributed by atoms with van der Waals surface area (Å²) in [5.41, 5.74) is 1.83. The van der Waals surface area contributed by atoms with Crippen LogP contribution in [0.5, 0.6) is 0 Å². The summed E-state index contributed by atoms with van der Waals surface area (Å²) < 4.78 is 0. The minimum atomic E-state index is 0.215. The summed E-state index contributed by atoms with van der Waals surface area (Å²) >= 11 is 1.70. The van der Waals surface area contributed by atoms with Gasteiger partial charge in [-0.2, -0.15) is 0 Å². The van der Waals surface area contributed by atoms with Crippen LogP contribution in [0, 0.1) is 0 Å². The number of carbonyl (C=O) groups excluding carboxylic acids is 1. The summed E-state index contributed by atoms with van der Waals surface area (Å²) in [4.78, 5) is 13.3. The zero-order chi connectivity index (χ0) is 11.4. The molecule has 0 radical (unpaired) electrons. The lowest BCUT2D eigenvalue weighted by Gasteiger charge is -2.11. The van der Waals surface area contributed by atoms with Crippen molar-refractivity contribution < 1.29 is 4.79 Å². The van der Waals surface area contributed by atoms with Crippen molar-refractivity contribution in [3.63, 3.8) is 0 Å². The van der Waals surface area contributed by atoms with Crippen molar-refractivity contribution in [1.82, 2.24) is 0 Å². The van der Waals surface area contributed by atoms with Gasteiger partial charge in [-0.1, -0.05) is 6.08 Å². The highest BCUT2D eigenvalue weighted by molar-refractivity contribution is 7.98. The van der Waals surface area contributed by atoms with Crippen LogP contribution in [-0.2, 0) is 0 Å². The summed E-state index contributed by atoms with van der Waals surface area (Å²) in [5.74, 6) is 0.215. The van der Waals surface area contributed by atoms with E-state index in [0.29, 0.717) is 0 Å². The third-order valence-corrected chi connectivity index (χ3v) is 3.68. The normalized spacial score (nSPS) is 15.7. The topological polar surface area (TPSA) is 17.1 Å². The van der Waals surface area contributed by atoms with Crippen LogP contribution in [0.4, 0.5) is 0 Å². The van der Waals surface area contributed by atoms with Gasteiger partial charge in [-0.3, -0.25) is 4.79 Å². The van der Waals surface area contributed by atoms with Crippen molar-refractivity contribution in [2.75, 3.05) is 6.26 Å². The standard InChI is InChI=1S/C14H16OS/c1-16-13-9-7-12(8-10-13)14(15)11-5-3-2-4-6-11/h5,7-10H,2-4,6H2,1H3. The van der Waals surface area contributed by atoms with Gasteiger partial charge < -0.3 is 0 Å². The Balaban J connectivity index is 2.16. The molecule has 2 rings (SSSR count). The van der Waals surface area contributed by atoms with Crippen LogP contribution in [0.3, 0.4) is 0 Å². The van der Waals surface area contributed by atoms with Crippen LogP contribution in [0.2, 0.25) is 0 Å². The van der Waals surface area contributed by atoms with Crippen LogP contribution < -0.4 is 0 Å². The number of Topliss-reactive ketones (excluding diaryl/α,β-unsaturated/α-hetero) is 1. The zero-order valence-electron chi connectivity index (χ0n) is 9.53. The summed E-state index contributed by atoms with van der Waals surface area (Å²) in [6.07, 6.45) is 8.53. The molecule has 0 fully saturated rings. The number of rotatable bonds is 3. The first-order chi connectivity index (χ1) is 7.81. The number of hydrogen-bond acceptors (Lipinski definition) is 2. The first kappa shape index (κ1) is 11.5. The monoisotopic (exact) mass is 232 g/mol. The van der Waals surface area contributed by atoms with Crippen LogP contribution in [0.1, 0.15) is 36.0 Å². The second kappa shape index (κ2) is 5.35. The van der Waals surface area contributed by atoms with E-state index in [0.717, 1.165) is 30.4 Å². The van der Waals surface area contributed by atoms with Crippen molar-refractivity contribution in [1.29, 1.82) is 0 Å². The van der Waals surface area contributed by atoms with E-state index in [-0.39, 0.29) is 5.78 Å². The van der Waals surface area contributed by atoms with E-state index in [2.05, 4.69) is 6.08 Å². The van der Waals surface area contributed by atoms with Crippen molar-refractivity contribution in [3.05, 3.63) is 41.5 Å². The second-order valence-electron chi connectivity index (χ2n) is 4.03. The Bertz CT molecular complexity index is 403. The van der Waals surface area contributed by atoms with Gasteiger partial charge in [-0.05, 0) is 61.8 Å². The van der Waals surface area contributed by atoms with E-state index in [1.807, 2.05) is 30.5 Å². The van der Waals surface area contributed by atoms with E-state index in [1.165, 1.54) is 11.3 Å². The largest absolute Gasteiger partial charge is 0.289 e. The summed E-state index contributed by atoms with van der Waals surface area (Å²) in [5, 5.41) is 0. The van der Waals surface area contributed by atoms with Crippen molar-refractivity contribution in [3.8, 4) is 0 Å². The SMILES string of the molecule is CSc1ccc(C(=O)C2=CCCCC2)cc1. The predicted octanol–water partition coefficient (Wildman–Crippen LogP) is 4.09. The fourth-order valence-electron chi connectivity index (χ4n) is 1.97. The van der Waals surface area contributed by atoms with Crippen molar-refractivity contribution in [2.45, 2.75) is 30.6 Å². The summed E-state index contributed by atoms with van der Waals surface area (Å²) in [6.45, 7) is 0. The Labute approximate surface area is 101 Å². The number of ketones is 1. The molecule has 1 nitrogen and oxygen atoms in total. The van der Waals surface area contributed by atoms with Gasteiger partial charge in [0.2, 0.25) is 0 Å². The predicted molar refractivity (Wildman–Crippen MR) is 69.1 cm³/mol. The maximum Gasteiger partial charge on any atom is 0.188 e. The molecule has 0 saturated heterocycles. The van der Waals surface area contributed by atoms with E-state index in [1.54, 1.807) is 11.8 Å². The average molecular weight is 232 g/mol. The first-order valence-corrected chi connectivity index (χ1v) is 6.91. The third kappa shape index (κ3) is 2.56. The van der Waals surface area contributed by atoms with Crippen molar-refractivity contribution in [2.24, 2.45) is 0 Å². The molecule has 16 heavy (non-hydrogen) atoms. The van der Waals surface area contributed by atoms with Gasteiger partial charge in [0.15, 0.2) is 5.78 Å². The van der Waals surface area contributed by atoms with Crippen LogP contribution in [0.15, 0.2) is 40.8 Å². The highest BCUT2D eigenvalue weighted by Gasteiger charge is 2.13. The molecule has 0 unspecified atom stereocenters. The Morgan fingerprint density at radius 1 is 1.19 bits per heavy atom. The third-order valence-electron chi connectivity index (χ3n) is 2.93. The van der Waals surface area contributed by atoms with Crippen LogP contribution in [-0.4, -0.2) is 12.0 Å². The van der Waals surface area contributed by atoms with E-state index in [9.17, 15) is 4.79 Å². The molecule has 1 aliphatic carbocycles. The zero-order valence-corrected chi connectivity index (χ0v) is 10.3. The lowest BCUT2D eigenvalue weighted by atomic mass is 9.93. The highest BCUT2D eigenvalue weighted by atomic mass is 32.2. The van der Waals surface area contributed by atoms with Gasteiger partial charge in [0, 0.05) is 10.5 Å². The Morgan fingerprint density at radius 2 is 1.94 bits per heavy atom. The maximum absolute atomic E-state index is 12.1. The van der Waals surface area contributed by atoms with Crippen LogP contribution in [0.25, 0.3) is 0 Å². The fourth-order valence-corrected chi connectivity index (χ4v) is 2.38. The van der Waals surface area contributed by atoms with E-state index < -0.39 is 0 Å². The number of carbonyl (C=O) groups is 1. The molecule has 0 bridgehead atoms. The Hall–Kier alpha value is -1.02. The molecule has 0 amide bonds. The van der Waals surface area contributed by atoms with E-state index in [4.69, 9.17) is 0 Å². The molecule has 0 N–H and O–H groups in total. The second-order valence-corrected chi connectivity index (χ2v) is 4.91. The lowest BCUT2D eigenvalue weighted by molar-refractivity contribution is 0.102. The maximum atomic E-state index is 12.1. The van der Waals surface area contributed by atoms with E-state index >= 15 is 0 Å².